The number of thiophene rings is 1. The van der Waals surface area contributed by atoms with E-state index in [0.717, 1.165) is 15.6 Å². The lowest BCUT2D eigenvalue weighted by molar-refractivity contribution is -0.139. The van der Waals surface area contributed by atoms with Crippen molar-refractivity contribution >= 4 is 27.4 Å². The number of aromatic hydroxyl groups is 1. The van der Waals surface area contributed by atoms with Gasteiger partial charge in [0.2, 0.25) is 0 Å². The van der Waals surface area contributed by atoms with Gasteiger partial charge in [-0.3, -0.25) is 4.79 Å². The molecule has 0 spiro atoms. The molecule has 1 aromatic heterocycles. The molecule has 0 aliphatic rings. The first-order valence-electron chi connectivity index (χ1n) is 4.47. The summed E-state index contributed by atoms with van der Waals surface area (Å²) in [6.45, 7) is 0. The van der Waals surface area contributed by atoms with Gasteiger partial charge in [-0.15, -0.1) is 11.3 Å². The Kier molecular flexibility index (Phi) is 2.60. The SMILES string of the molecule is COC(=O)Cc1csc2cccc(O)c12. The maximum absolute atomic E-state index is 11.1. The number of methoxy groups -OCH3 is 1. The second kappa shape index (κ2) is 3.90. The minimum atomic E-state index is -0.294. The Balaban J connectivity index is 2.48. The molecule has 0 fully saturated rings. The van der Waals surface area contributed by atoms with Crippen LogP contribution in [0.4, 0.5) is 0 Å². The van der Waals surface area contributed by atoms with E-state index in [1.54, 1.807) is 12.1 Å². The number of benzene rings is 1. The van der Waals surface area contributed by atoms with Crippen molar-refractivity contribution < 1.29 is 14.6 Å². The first-order valence-corrected chi connectivity index (χ1v) is 5.35. The summed E-state index contributed by atoms with van der Waals surface area (Å²) in [7, 11) is 1.36. The van der Waals surface area contributed by atoms with Gasteiger partial charge in [0.25, 0.3) is 0 Å². The maximum Gasteiger partial charge on any atom is 0.310 e. The van der Waals surface area contributed by atoms with Crippen molar-refractivity contribution in [1.29, 1.82) is 0 Å². The molecule has 2 rings (SSSR count). The number of hydrogen-bond acceptors (Lipinski definition) is 4. The molecular weight excluding hydrogens is 212 g/mol. The monoisotopic (exact) mass is 222 g/mol. The van der Waals surface area contributed by atoms with Gasteiger partial charge in [-0.25, -0.2) is 0 Å². The van der Waals surface area contributed by atoms with Crippen LogP contribution >= 0.6 is 11.3 Å². The smallest absolute Gasteiger partial charge is 0.310 e. The van der Waals surface area contributed by atoms with Crippen LogP contribution in [0.2, 0.25) is 0 Å². The second-order valence-electron chi connectivity index (χ2n) is 3.16. The van der Waals surface area contributed by atoms with Crippen LogP contribution in [0.5, 0.6) is 5.75 Å². The fraction of sp³-hybridized carbons (Fsp3) is 0.182. The van der Waals surface area contributed by atoms with Crippen molar-refractivity contribution in [2.45, 2.75) is 6.42 Å². The zero-order valence-corrected chi connectivity index (χ0v) is 9.00. The van der Waals surface area contributed by atoms with Crippen molar-refractivity contribution in [1.82, 2.24) is 0 Å². The minimum absolute atomic E-state index is 0.202. The molecule has 0 unspecified atom stereocenters. The summed E-state index contributed by atoms with van der Waals surface area (Å²) in [6.07, 6.45) is 0.202. The average molecular weight is 222 g/mol. The standard InChI is InChI=1S/C11H10O3S/c1-14-10(13)5-7-6-15-9-4-2-3-8(12)11(7)9/h2-4,6,12H,5H2,1H3. The largest absolute Gasteiger partial charge is 0.507 e. The molecule has 15 heavy (non-hydrogen) atoms. The van der Waals surface area contributed by atoms with Crippen molar-refractivity contribution in [2.75, 3.05) is 7.11 Å². The van der Waals surface area contributed by atoms with Crippen LogP contribution in [-0.4, -0.2) is 18.2 Å². The molecule has 2 aromatic rings. The van der Waals surface area contributed by atoms with Gasteiger partial charge in [0.15, 0.2) is 0 Å². The van der Waals surface area contributed by atoms with Gasteiger partial charge in [0, 0.05) is 10.1 Å². The van der Waals surface area contributed by atoms with Gasteiger partial charge in [0.05, 0.1) is 13.5 Å². The lowest BCUT2D eigenvalue weighted by Crippen LogP contribution is -2.03. The third-order valence-electron chi connectivity index (χ3n) is 2.22. The van der Waals surface area contributed by atoms with E-state index < -0.39 is 0 Å². The molecule has 0 aliphatic carbocycles. The number of esters is 1. The van der Waals surface area contributed by atoms with E-state index in [4.69, 9.17) is 0 Å². The summed E-state index contributed by atoms with van der Waals surface area (Å²) in [4.78, 5) is 11.1. The number of carbonyl (C=O) groups excluding carboxylic acids is 1. The lowest BCUT2D eigenvalue weighted by atomic mass is 10.1. The Hall–Kier alpha value is -1.55. The summed E-state index contributed by atoms with van der Waals surface area (Å²) in [5.41, 5.74) is 0.819. The molecule has 0 aliphatic heterocycles. The lowest BCUT2D eigenvalue weighted by Gasteiger charge is -2.00. The number of fused-ring (bicyclic) bond motifs is 1. The van der Waals surface area contributed by atoms with Crippen LogP contribution in [-0.2, 0) is 16.0 Å². The van der Waals surface area contributed by atoms with Crippen molar-refractivity contribution in [3.63, 3.8) is 0 Å². The van der Waals surface area contributed by atoms with Gasteiger partial charge in [0.1, 0.15) is 5.75 Å². The number of hydrogen-bond donors (Lipinski definition) is 1. The quantitative estimate of drug-likeness (QED) is 0.793. The number of phenolic OH excluding ortho intramolecular Hbond substituents is 1. The van der Waals surface area contributed by atoms with Crippen LogP contribution in [0.15, 0.2) is 23.6 Å². The Bertz CT molecular complexity index is 502. The molecule has 3 nitrogen and oxygen atoms in total. The first kappa shape index (κ1) is 9.98. The molecule has 78 valence electrons. The molecule has 0 amide bonds. The summed E-state index contributed by atoms with van der Waals surface area (Å²) < 4.78 is 5.58. The van der Waals surface area contributed by atoms with Gasteiger partial charge in [-0.05, 0) is 23.1 Å². The minimum Gasteiger partial charge on any atom is -0.507 e. The molecule has 1 aromatic carbocycles. The van der Waals surface area contributed by atoms with E-state index in [2.05, 4.69) is 4.74 Å². The third-order valence-corrected chi connectivity index (χ3v) is 3.21. The molecule has 0 atom stereocenters. The molecule has 0 saturated carbocycles. The van der Waals surface area contributed by atoms with E-state index in [-0.39, 0.29) is 18.1 Å². The van der Waals surface area contributed by atoms with E-state index in [9.17, 15) is 9.90 Å². The number of rotatable bonds is 2. The maximum atomic E-state index is 11.1. The van der Waals surface area contributed by atoms with Crippen LogP contribution in [0.1, 0.15) is 5.56 Å². The molecule has 1 N–H and O–H groups in total. The highest BCUT2D eigenvalue weighted by Crippen LogP contribution is 2.33. The van der Waals surface area contributed by atoms with Crippen LogP contribution in [0.3, 0.4) is 0 Å². The number of carbonyl (C=O) groups is 1. The highest BCUT2D eigenvalue weighted by molar-refractivity contribution is 7.17. The van der Waals surface area contributed by atoms with Crippen molar-refractivity contribution in [3.05, 3.63) is 29.1 Å². The third kappa shape index (κ3) is 1.80. The number of phenols is 1. The highest BCUT2D eigenvalue weighted by Gasteiger charge is 2.11. The molecule has 4 heteroatoms. The molecule has 0 bridgehead atoms. The zero-order valence-electron chi connectivity index (χ0n) is 8.19. The van der Waals surface area contributed by atoms with Gasteiger partial charge in [-0.1, -0.05) is 6.07 Å². The Morgan fingerprint density at radius 3 is 3.07 bits per heavy atom. The summed E-state index contributed by atoms with van der Waals surface area (Å²) >= 11 is 1.51. The molecule has 0 saturated heterocycles. The van der Waals surface area contributed by atoms with Crippen molar-refractivity contribution in [2.24, 2.45) is 0 Å². The predicted molar refractivity (Wildman–Crippen MR) is 59.2 cm³/mol. The van der Waals surface area contributed by atoms with Crippen LogP contribution in [0, 0.1) is 0 Å². The van der Waals surface area contributed by atoms with Gasteiger partial charge < -0.3 is 9.84 Å². The number of ether oxygens (including phenoxy) is 1. The summed E-state index contributed by atoms with van der Waals surface area (Å²) in [6, 6.07) is 5.33. The fourth-order valence-electron chi connectivity index (χ4n) is 1.49. The van der Waals surface area contributed by atoms with E-state index in [1.165, 1.54) is 18.4 Å². The Morgan fingerprint density at radius 1 is 1.53 bits per heavy atom. The summed E-state index contributed by atoms with van der Waals surface area (Å²) in [5.74, 6) is -0.0781. The second-order valence-corrected chi connectivity index (χ2v) is 4.08. The van der Waals surface area contributed by atoms with E-state index in [1.807, 2.05) is 11.4 Å². The Morgan fingerprint density at radius 2 is 2.33 bits per heavy atom. The summed E-state index contributed by atoms with van der Waals surface area (Å²) in [5, 5.41) is 12.3. The fourth-order valence-corrected chi connectivity index (χ4v) is 2.47. The zero-order chi connectivity index (χ0) is 10.8. The Labute approximate surface area is 90.9 Å². The van der Waals surface area contributed by atoms with Crippen LogP contribution in [0.25, 0.3) is 10.1 Å². The topological polar surface area (TPSA) is 46.5 Å². The first-order chi connectivity index (χ1) is 7.22. The highest BCUT2D eigenvalue weighted by atomic mass is 32.1. The van der Waals surface area contributed by atoms with Gasteiger partial charge in [-0.2, -0.15) is 0 Å². The average Bonchev–Trinajstić information content (AvgIpc) is 2.63. The normalized spacial score (nSPS) is 10.5. The molecule has 1 heterocycles. The van der Waals surface area contributed by atoms with E-state index in [0.29, 0.717) is 0 Å². The molecular formula is C11H10O3S. The van der Waals surface area contributed by atoms with Gasteiger partial charge >= 0.3 is 5.97 Å². The predicted octanol–water partition coefficient (Wildman–Crippen LogP) is 2.32. The van der Waals surface area contributed by atoms with Crippen molar-refractivity contribution in [3.8, 4) is 5.75 Å². The molecule has 0 radical (unpaired) electrons. The van der Waals surface area contributed by atoms with Crippen LogP contribution < -0.4 is 0 Å². The van der Waals surface area contributed by atoms with E-state index >= 15 is 0 Å².